The summed E-state index contributed by atoms with van der Waals surface area (Å²) in [6.07, 6.45) is 1.86. The van der Waals surface area contributed by atoms with E-state index in [2.05, 4.69) is 47.0 Å². The molecule has 92 valence electrons. The molecule has 1 aromatic rings. The molecule has 0 aliphatic heterocycles. The highest BCUT2D eigenvalue weighted by molar-refractivity contribution is 7.98. The van der Waals surface area contributed by atoms with Crippen LogP contribution in [0.2, 0.25) is 0 Å². The maximum absolute atomic E-state index is 4.29. The van der Waals surface area contributed by atoms with Gasteiger partial charge >= 0.3 is 0 Å². The van der Waals surface area contributed by atoms with Crippen LogP contribution in [0, 0.1) is 5.92 Å². The molecule has 0 amide bonds. The van der Waals surface area contributed by atoms with Crippen molar-refractivity contribution in [3.63, 3.8) is 0 Å². The quantitative estimate of drug-likeness (QED) is 0.648. The zero-order valence-electron chi connectivity index (χ0n) is 10.4. The summed E-state index contributed by atoms with van der Waals surface area (Å²) in [6, 6.07) is 10.5. The summed E-state index contributed by atoms with van der Waals surface area (Å²) < 4.78 is 0. The van der Waals surface area contributed by atoms with E-state index in [1.165, 1.54) is 5.56 Å². The van der Waals surface area contributed by atoms with Gasteiger partial charge in [0.1, 0.15) is 0 Å². The molecular formula is C14H20N2S. The standard InChI is InChI=1S/C14H20N2S/c1-3-16-10-14(9-15-2)12-17-11-13-7-5-4-6-8-13/h3-8,14H,2,9-12H2,1H3. The molecule has 0 fully saturated rings. The van der Waals surface area contributed by atoms with Crippen LogP contribution in [0.5, 0.6) is 0 Å². The van der Waals surface area contributed by atoms with Crippen molar-refractivity contribution < 1.29 is 0 Å². The summed E-state index contributed by atoms with van der Waals surface area (Å²) in [7, 11) is 0. The average molecular weight is 248 g/mol. The van der Waals surface area contributed by atoms with Gasteiger partial charge in [0, 0.05) is 24.8 Å². The van der Waals surface area contributed by atoms with Crippen LogP contribution in [-0.4, -0.2) is 31.8 Å². The number of hydrogen-bond donors (Lipinski definition) is 0. The minimum absolute atomic E-state index is 0.511. The summed E-state index contributed by atoms with van der Waals surface area (Å²) in [6.45, 7) is 7.18. The molecule has 1 atom stereocenters. The lowest BCUT2D eigenvalue weighted by atomic mass is 10.2. The molecular weight excluding hydrogens is 228 g/mol. The normalized spacial score (nSPS) is 12.8. The summed E-state index contributed by atoms with van der Waals surface area (Å²) in [5, 5.41) is 0. The van der Waals surface area contributed by atoms with Crippen LogP contribution in [0.25, 0.3) is 0 Å². The molecule has 2 nitrogen and oxygen atoms in total. The summed E-state index contributed by atoms with van der Waals surface area (Å²) in [4.78, 5) is 8.27. The Balaban J connectivity index is 2.29. The van der Waals surface area contributed by atoms with Gasteiger partial charge in [-0.3, -0.25) is 4.99 Å². The lowest BCUT2D eigenvalue weighted by Gasteiger charge is -2.11. The first kappa shape index (κ1) is 14.0. The Morgan fingerprint density at radius 3 is 2.71 bits per heavy atom. The molecule has 0 aliphatic carbocycles. The zero-order chi connectivity index (χ0) is 12.3. The maximum Gasteiger partial charge on any atom is 0.0439 e. The van der Waals surface area contributed by atoms with Gasteiger partial charge in [-0.05, 0) is 31.2 Å². The second-order valence-corrected chi connectivity index (χ2v) is 4.93. The van der Waals surface area contributed by atoms with Gasteiger partial charge < -0.3 is 4.99 Å². The molecule has 0 aromatic heterocycles. The fourth-order valence-electron chi connectivity index (χ4n) is 1.52. The van der Waals surface area contributed by atoms with E-state index in [1.54, 1.807) is 0 Å². The first-order valence-corrected chi connectivity index (χ1v) is 7.01. The Labute approximate surface area is 108 Å². The average Bonchev–Trinajstić information content (AvgIpc) is 2.37. The fourth-order valence-corrected chi connectivity index (χ4v) is 2.61. The number of aliphatic imine (C=N–C) groups is 2. The van der Waals surface area contributed by atoms with Crippen molar-refractivity contribution in [2.75, 3.05) is 18.8 Å². The van der Waals surface area contributed by atoms with E-state index in [0.29, 0.717) is 5.92 Å². The van der Waals surface area contributed by atoms with Crippen LogP contribution in [0.3, 0.4) is 0 Å². The van der Waals surface area contributed by atoms with Gasteiger partial charge in [-0.1, -0.05) is 30.3 Å². The van der Waals surface area contributed by atoms with Gasteiger partial charge in [-0.15, -0.1) is 0 Å². The van der Waals surface area contributed by atoms with Crippen molar-refractivity contribution in [2.45, 2.75) is 12.7 Å². The number of rotatable bonds is 8. The van der Waals surface area contributed by atoms with E-state index in [1.807, 2.05) is 24.9 Å². The topological polar surface area (TPSA) is 24.7 Å². The van der Waals surface area contributed by atoms with Crippen LogP contribution in [-0.2, 0) is 5.75 Å². The molecule has 1 unspecified atom stereocenters. The molecule has 0 saturated heterocycles. The second-order valence-electron chi connectivity index (χ2n) is 3.90. The summed E-state index contributed by atoms with van der Waals surface area (Å²) in [5.74, 6) is 2.66. The predicted molar refractivity (Wildman–Crippen MR) is 79.5 cm³/mol. The molecule has 0 saturated carbocycles. The highest BCUT2D eigenvalue weighted by Crippen LogP contribution is 2.16. The predicted octanol–water partition coefficient (Wildman–Crippen LogP) is 3.33. The third-order valence-electron chi connectivity index (χ3n) is 2.40. The molecule has 0 N–H and O–H groups in total. The zero-order valence-corrected chi connectivity index (χ0v) is 11.2. The van der Waals surface area contributed by atoms with Crippen molar-refractivity contribution in [3.05, 3.63) is 35.9 Å². The molecule has 0 heterocycles. The minimum atomic E-state index is 0.511. The van der Waals surface area contributed by atoms with Crippen LogP contribution in [0.4, 0.5) is 0 Å². The number of nitrogens with zero attached hydrogens (tertiary/aromatic N) is 2. The van der Waals surface area contributed by atoms with Crippen molar-refractivity contribution in [1.82, 2.24) is 0 Å². The van der Waals surface area contributed by atoms with Crippen molar-refractivity contribution in [3.8, 4) is 0 Å². The molecule has 3 heteroatoms. The van der Waals surface area contributed by atoms with E-state index in [-0.39, 0.29) is 0 Å². The van der Waals surface area contributed by atoms with Crippen LogP contribution in [0.15, 0.2) is 40.3 Å². The molecule has 17 heavy (non-hydrogen) atoms. The molecule has 0 bridgehead atoms. The largest absolute Gasteiger partial charge is 0.301 e. The van der Waals surface area contributed by atoms with Gasteiger partial charge in [0.25, 0.3) is 0 Å². The Morgan fingerprint density at radius 1 is 1.29 bits per heavy atom. The monoisotopic (exact) mass is 248 g/mol. The Hall–Kier alpha value is -1.09. The van der Waals surface area contributed by atoms with Gasteiger partial charge in [-0.25, -0.2) is 0 Å². The second kappa shape index (κ2) is 8.99. The lowest BCUT2D eigenvalue weighted by Crippen LogP contribution is -2.12. The van der Waals surface area contributed by atoms with Crippen molar-refractivity contribution >= 4 is 24.7 Å². The lowest BCUT2D eigenvalue weighted by molar-refractivity contribution is 0.624. The van der Waals surface area contributed by atoms with Gasteiger partial charge in [0.2, 0.25) is 0 Å². The Bertz CT molecular complexity index is 335. The highest BCUT2D eigenvalue weighted by atomic mass is 32.2. The SMILES string of the molecule is C=NCC(CN=CC)CSCc1ccccc1. The summed E-state index contributed by atoms with van der Waals surface area (Å²) in [5.41, 5.74) is 1.38. The summed E-state index contributed by atoms with van der Waals surface area (Å²) >= 11 is 1.94. The van der Waals surface area contributed by atoms with Gasteiger partial charge in [0.05, 0.1) is 0 Å². The molecule has 0 aliphatic rings. The molecule has 0 radical (unpaired) electrons. The number of thioether (sulfide) groups is 1. The minimum Gasteiger partial charge on any atom is -0.301 e. The maximum atomic E-state index is 4.29. The van der Waals surface area contributed by atoms with Crippen LogP contribution >= 0.6 is 11.8 Å². The number of benzene rings is 1. The van der Waals surface area contributed by atoms with E-state index < -0.39 is 0 Å². The van der Waals surface area contributed by atoms with Crippen molar-refractivity contribution in [1.29, 1.82) is 0 Å². The van der Waals surface area contributed by atoms with E-state index in [9.17, 15) is 0 Å². The van der Waals surface area contributed by atoms with Gasteiger partial charge in [-0.2, -0.15) is 11.8 Å². The van der Waals surface area contributed by atoms with Crippen molar-refractivity contribution in [2.24, 2.45) is 15.9 Å². The van der Waals surface area contributed by atoms with Gasteiger partial charge in [0.15, 0.2) is 0 Å². The number of hydrogen-bond acceptors (Lipinski definition) is 3. The fraction of sp³-hybridized carbons (Fsp3) is 0.429. The first-order chi connectivity index (χ1) is 8.36. The first-order valence-electron chi connectivity index (χ1n) is 5.85. The molecule has 1 aromatic carbocycles. The molecule has 1 rings (SSSR count). The highest BCUT2D eigenvalue weighted by Gasteiger charge is 2.06. The third kappa shape index (κ3) is 6.27. The third-order valence-corrected chi connectivity index (χ3v) is 3.64. The van der Waals surface area contributed by atoms with E-state index in [4.69, 9.17) is 0 Å². The Kier molecular flexibility index (Phi) is 7.39. The Morgan fingerprint density at radius 2 is 2.06 bits per heavy atom. The van der Waals surface area contributed by atoms with E-state index in [0.717, 1.165) is 24.6 Å². The van der Waals surface area contributed by atoms with Crippen LogP contribution in [0.1, 0.15) is 12.5 Å². The van der Waals surface area contributed by atoms with Crippen LogP contribution < -0.4 is 0 Å². The van der Waals surface area contributed by atoms with E-state index >= 15 is 0 Å². The smallest absolute Gasteiger partial charge is 0.0439 e. The molecule has 0 spiro atoms.